The molecule has 9 nitrogen and oxygen atoms in total. The lowest BCUT2D eigenvalue weighted by Crippen LogP contribution is -2.39. The van der Waals surface area contributed by atoms with Crippen LogP contribution in [0, 0.1) is 0 Å². The molecule has 2 aromatic rings. The molecule has 0 atom stereocenters. The molecule has 0 bridgehead atoms. The quantitative estimate of drug-likeness (QED) is 0.540. The zero-order chi connectivity index (χ0) is 19.2. The molecule has 0 spiro atoms. The number of benzene rings is 1. The molecule has 0 radical (unpaired) electrons. The number of aryl methyl sites for hydroxylation is 2. The van der Waals surface area contributed by atoms with Crippen LogP contribution in [0.15, 0.2) is 41.6 Å². The normalized spacial score (nSPS) is 10.4. The van der Waals surface area contributed by atoms with Gasteiger partial charge in [-0.2, -0.15) is 0 Å². The highest BCUT2D eigenvalue weighted by molar-refractivity contribution is 7.85. The second-order valence-corrected chi connectivity index (χ2v) is 6.34. The van der Waals surface area contributed by atoms with Gasteiger partial charge in [-0.15, -0.1) is 0 Å². The first-order valence-corrected chi connectivity index (χ1v) is 8.54. The number of hydrogen-bond acceptors (Lipinski definition) is 5. The Labute approximate surface area is 146 Å². The Morgan fingerprint density at radius 3 is 2.00 bits per heavy atom. The fraction of sp³-hybridized carbons (Fsp3) is 0.267. The van der Waals surface area contributed by atoms with E-state index in [0.717, 1.165) is 0 Å². The van der Waals surface area contributed by atoms with Crippen LogP contribution in [0.25, 0.3) is 0 Å². The van der Waals surface area contributed by atoms with Crippen LogP contribution in [-0.4, -0.2) is 43.4 Å². The summed E-state index contributed by atoms with van der Waals surface area (Å²) in [7, 11) is 2.25. The summed E-state index contributed by atoms with van der Waals surface area (Å²) < 4.78 is 34.1. The average Bonchev–Trinajstić information content (AvgIpc) is 2.88. The zero-order valence-electron chi connectivity index (χ0n) is 14.3. The molecule has 25 heavy (non-hydrogen) atoms. The van der Waals surface area contributed by atoms with Crippen molar-refractivity contribution in [1.82, 2.24) is 15.2 Å². The molecule has 1 aromatic heterocycles. The molecule has 0 fully saturated rings. The van der Waals surface area contributed by atoms with Gasteiger partial charge in [-0.1, -0.05) is 18.2 Å². The first-order valence-electron chi connectivity index (χ1n) is 7.13. The number of rotatable bonds is 3. The Hall–Kier alpha value is -2.72. The lowest BCUT2D eigenvalue weighted by atomic mass is 10.3. The van der Waals surface area contributed by atoms with Gasteiger partial charge in [0.15, 0.2) is 0 Å². The second kappa shape index (κ2) is 8.40. The minimum atomic E-state index is -4.25. The highest BCUT2D eigenvalue weighted by atomic mass is 32.2. The predicted octanol–water partition coefficient (Wildman–Crippen LogP) is -0.840. The second-order valence-electron chi connectivity index (χ2n) is 4.96. The van der Waals surface area contributed by atoms with Crippen LogP contribution in [0.2, 0.25) is 0 Å². The monoisotopic (exact) mass is 368 g/mol. The van der Waals surface area contributed by atoms with Gasteiger partial charge in [0.25, 0.3) is 11.8 Å². The minimum Gasteiger partial charge on any atom is -0.744 e. The number of nitrogens with one attached hydrogen (secondary N) is 2. The van der Waals surface area contributed by atoms with E-state index in [4.69, 9.17) is 0 Å². The first-order chi connectivity index (χ1) is 11.6. The summed E-state index contributed by atoms with van der Waals surface area (Å²) in [6.07, 6.45) is 1.68. The maximum absolute atomic E-state index is 11.6. The number of hydrogen-bond donors (Lipinski definition) is 2. The maximum atomic E-state index is 11.6. The van der Waals surface area contributed by atoms with Crippen LogP contribution >= 0.6 is 0 Å². The van der Waals surface area contributed by atoms with Gasteiger partial charge in [0.05, 0.1) is 19.0 Å². The van der Waals surface area contributed by atoms with Gasteiger partial charge in [-0.3, -0.25) is 9.59 Å². The van der Waals surface area contributed by atoms with E-state index in [9.17, 15) is 22.6 Å². The van der Waals surface area contributed by atoms with Gasteiger partial charge in [-0.25, -0.2) is 17.6 Å². The molecule has 10 heteroatoms. The van der Waals surface area contributed by atoms with E-state index in [1.807, 2.05) is 0 Å². The molecule has 0 saturated carbocycles. The van der Waals surface area contributed by atoms with E-state index in [-0.39, 0.29) is 16.7 Å². The average molecular weight is 368 g/mol. The van der Waals surface area contributed by atoms with E-state index in [0.29, 0.717) is 11.4 Å². The molecule has 0 saturated heterocycles. The Morgan fingerprint density at radius 2 is 1.60 bits per heavy atom. The van der Waals surface area contributed by atoms with E-state index in [1.165, 1.54) is 38.4 Å². The highest BCUT2D eigenvalue weighted by Crippen LogP contribution is 2.05. The van der Waals surface area contributed by atoms with Crippen LogP contribution in [-0.2, 0) is 24.2 Å². The van der Waals surface area contributed by atoms with Crippen molar-refractivity contribution in [1.29, 1.82) is 0 Å². The van der Waals surface area contributed by atoms with Crippen LogP contribution < -0.4 is 15.2 Å². The van der Waals surface area contributed by atoms with Gasteiger partial charge in [0.1, 0.15) is 10.1 Å². The summed E-state index contributed by atoms with van der Waals surface area (Å²) in [6, 6.07) is 7.19. The van der Waals surface area contributed by atoms with Crippen molar-refractivity contribution in [2.24, 2.45) is 14.1 Å². The zero-order valence-corrected chi connectivity index (χ0v) is 15.1. The molecule has 1 aromatic carbocycles. The lowest BCUT2D eigenvalue weighted by molar-refractivity contribution is -0.672. The van der Waals surface area contributed by atoms with E-state index >= 15 is 0 Å². The minimum absolute atomic E-state index is 0.185. The van der Waals surface area contributed by atoms with E-state index in [1.54, 1.807) is 35.6 Å². The summed E-state index contributed by atoms with van der Waals surface area (Å²) in [4.78, 5) is 22.9. The smallest absolute Gasteiger partial charge is 0.295 e. The number of carbonyl (C=O) groups excluding carboxylic acids is 2. The maximum Gasteiger partial charge on any atom is 0.295 e. The van der Waals surface area contributed by atoms with E-state index in [2.05, 4.69) is 10.6 Å². The Bertz CT molecular complexity index is 823. The first kappa shape index (κ1) is 20.3. The van der Waals surface area contributed by atoms with Crippen LogP contribution in [0.4, 0.5) is 0 Å². The predicted molar refractivity (Wildman–Crippen MR) is 87.8 cm³/mol. The standard InChI is InChI=1S/C9H14N4O2.C6H6O3S/c1-10-8(14)6-7(9(15)11-2)13(4)5-12(6)3;7-10(8,9)6-4-2-1-3-5-6/h5H,1-4H3,(H-,10,11,14,15);1-5H,(H,7,8,9). The lowest BCUT2D eigenvalue weighted by Gasteiger charge is -2.04. The molecule has 0 aliphatic heterocycles. The Balaban J connectivity index is 0.000000271. The van der Waals surface area contributed by atoms with Crippen LogP contribution in [0.5, 0.6) is 0 Å². The topological polar surface area (TPSA) is 124 Å². The largest absolute Gasteiger partial charge is 0.744 e. The molecular weight excluding hydrogens is 348 g/mol. The fourth-order valence-corrected chi connectivity index (χ4v) is 2.56. The molecule has 0 aliphatic rings. The van der Waals surface area contributed by atoms with Gasteiger partial charge >= 0.3 is 0 Å². The van der Waals surface area contributed by atoms with Crippen molar-refractivity contribution in [2.45, 2.75) is 4.90 Å². The molecular formula is C15H20N4O5S. The molecule has 2 amide bonds. The molecule has 2 rings (SSSR count). The third kappa shape index (κ3) is 5.13. The molecule has 0 unspecified atom stereocenters. The third-order valence-electron chi connectivity index (χ3n) is 3.19. The highest BCUT2D eigenvalue weighted by Gasteiger charge is 2.29. The van der Waals surface area contributed by atoms with Crippen molar-refractivity contribution in [2.75, 3.05) is 14.1 Å². The van der Waals surface area contributed by atoms with Crippen molar-refractivity contribution < 1.29 is 27.1 Å². The fourth-order valence-electron chi connectivity index (χ4n) is 2.07. The Kier molecular flexibility index (Phi) is 6.83. The van der Waals surface area contributed by atoms with Crippen LogP contribution in [0.3, 0.4) is 0 Å². The van der Waals surface area contributed by atoms with Gasteiger partial charge in [0, 0.05) is 14.1 Å². The third-order valence-corrected chi connectivity index (χ3v) is 4.04. The van der Waals surface area contributed by atoms with Crippen molar-refractivity contribution >= 4 is 21.9 Å². The summed E-state index contributed by atoms with van der Waals surface area (Å²) in [6.45, 7) is 0. The SMILES string of the molecule is CNC(=O)c1c(C(=O)NC)[n+](C)cn1C.O=S(=O)([O-])c1ccccc1. The van der Waals surface area contributed by atoms with Crippen molar-refractivity contribution in [3.05, 3.63) is 48.0 Å². The number of carbonyl (C=O) groups is 2. The molecule has 136 valence electrons. The summed E-state index contributed by atoms with van der Waals surface area (Å²) in [5.74, 6) is -0.562. The molecule has 2 N–H and O–H groups in total. The summed E-state index contributed by atoms with van der Waals surface area (Å²) in [5.41, 5.74) is 0.693. The number of imidazole rings is 1. The number of nitrogens with zero attached hydrogens (tertiary/aromatic N) is 2. The van der Waals surface area contributed by atoms with Gasteiger partial charge in [0.2, 0.25) is 17.7 Å². The molecule has 1 heterocycles. The molecule has 0 aliphatic carbocycles. The van der Waals surface area contributed by atoms with E-state index < -0.39 is 10.1 Å². The van der Waals surface area contributed by atoms with Crippen molar-refractivity contribution in [3.8, 4) is 0 Å². The number of amides is 2. The Morgan fingerprint density at radius 1 is 1.08 bits per heavy atom. The van der Waals surface area contributed by atoms with Gasteiger partial charge in [-0.05, 0) is 12.1 Å². The van der Waals surface area contributed by atoms with Gasteiger partial charge < -0.3 is 15.2 Å². The number of aromatic nitrogens is 2. The van der Waals surface area contributed by atoms with Crippen LogP contribution in [0.1, 0.15) is 21.0 Å². The summed E-state index contributed by atoms with van der Waals surface area (Å²) in [5, 5.41) is 5.00. The van der Waals surface area contributed by atoms with Crippen molar-refractivity contribution in [3.63, 3.8) is 0 Å². The summed E-state index contributed by atoms with van der Waals surface area (Å²) >= 11 is 0.